The summed E-state index contributed by atoms with van der Waals surface area (Å²) >= 11 is 0. The molecular formula is C12H26N2O. The number of ether oxygens (including phenoxy) is 1. The molecule has 0 aromatic rings. The van der Waals surface area contributed by atoms with E-state index in [2.05, 4.69) is 32.6 Å². The maximum Gasteiger partial charge on any atom is 0.0673 e. The van der Waals surface area contributed by atoms with E-state index in [1.165, 1.54) is 0 Å². The number of nitrogens with zero attached hydrogens (tertiary/aromatic N) is 1. The van der Waals surface area contributed by atoms with E-state index < -0.39 is 0 Å². The fourth-order valence-corrected chi connectivity index (χ4v) is 2.40. The van der Waals surface area contributed by atoms with Gasteiger partial charge in [0.1, 0.15) is 0 Å². The normalized spacial score (nSPS) is 35.4. The van der Waals surface area contributed by atoms with E-state index in [9.17, 15) is 0 Å². The van der Waals surface area contributed by atoms with Gasteiger partial charge in [-0.3, -0.25) is 4.90 Å². The van der Waals surface area contributed by atoms with E-state index in [0.717, 1.165) is 26.1 Å². The monoisotopic (exact) mass is 214 g/mol. The molecule has 0 amide bonds. The zero-order chi connectivity index (χ0) is 11.4. The van der Waals surface area contributed by atoms with Crippen LogP contribution >= 0.6 is 0 Å². The van der Waals surface area contributed by atoms with Crippen LogP contribution in [-0.2, 0) is 4.74 Å². The molecule has 4 unspecified atom stereocenters. The molecule has 90 valence electrons. The summed E-state index contributed by atoms with van der Waals surface area (Å²) < 4.78 is 5.58. The van der Waals surface area contributed by atoms with Crippen LogP contribution in [0.3, 0.4) is 0 Å². The van der Waals surface area contributed by atoms with Crippen LogP contribution in [0.4, 0.5) is 0 Å². The van der Waals surface area contributed by atoms with E-state index in [4.69, 9.17) is 10.5 Å². The van der Waals surface area contributed by atoms with Gasteiger partial charge in [-0.15, -0.1) is 0 Å². The largest absolute Gasteiger partial charge is 0.377 e. The topological polar surface area (TPSA) is 38.5 Å². The Bertz CT molecular complexity index is 186. The molecule has 0 aromatic heterocycles. The highest BCUT2D eigenvalue weighted by Crippen LogP contribution is 2.22. The quantitative estimate of drug-likeness (QED) is 0.770. The second-order valence-electron chi connectivity index (χ2n) is 4.81. The predicted molar refractivity (Wildman–Crippen MR) is 63.9 cm³/mol. The molecule has 0 saturated carbocycles. The Morgan fingerprint density at radius 1 is 1.47 bits per heavy atom. The Morgan fingerprint density at radius 2 is 2.13 bits per heavy atom. The van der Waals surface area contributed by atoms with Crippen molar-refractivity contribution in [2.45, 2.75) is 52.3 Å². The SMILES string of the molecule is CCOC(C)CN1CCC(N)C(C)C1C. The molecule has 1 rings (SSSR count). The van der Waals surface area contributed by atoms with E-state index >= 15 is 0 Å². The first-order chi connectivity index (χ1) is 7.06. The van der Waals surface area contributed by atoms with E-state index in [-0.39, 0.29) is 0 Å². The van der Waals surface area contributed by atoms with Gasteiger partial charge in [-0.1, -0.05) is 6.92 Å². The maximum atomic E-state index is 6.06. The van der Waals surface area contributed by atoms with Gasteiger partial charge in [0.25, 0.3) is 0 Å². The van der Waals surface area contributed by atoms with Crippen LogP contribution in [0.25, 0.3) is 0 Å². The third-order valence-corrected chi connectivity index (χ3v) is 3.70. The second-order valence-corrected chi connectivity index (χ2v) is 4.81. The minimum Gasteiger partial charge on any atom is -0.377 e. The molecule has 3 nitrogen and oxygen atoms in total. The lowest BCUT2D eigenvalue weighted by molar-refractivity contribution is 0.0113. The zero-order valence-electron chi connectivity index (χ0n) is 10.6. The number of hydrogen-bond acceptors (Lipinski definition) is 3. The lowest BCUT2D eigenvalue weighted by Crippen LogP contribution is -2.53. The first-order valence-corrected chi connectivity index (χ1v) is 6.17. The molecule has 0 radical (unpaired) electrons. The van der Waals surface area contributed by atoms with Gasteiger partial charge < -0.3 is 10.5 Å². The van der Waals surface area contributed by atoms with Crippen molar-refractivity contribution in [3.8, 4) is 0 Å². The average molecular weight is 214 g/mol. The first-order valence-electron chi connectivity index (χ1n) is 6.17. The number of rotatable bonds is 4. The number of likely N-dealkylation sites (tertiary alicyclic amines) is 1. The van der Waals surface area contributed by atoms with Crippen molar-refractivity contribution in [1.29, 1.82) is 0 Å². The van der Waals surface area contributed by atoms with Crippen LogP contribution in [0, 0.1) is 5.92 Å². The summed E-state index contributed by atoms with van der Waals surface area (Å²) in [5.41, 5.74) is 6.06. The van der Waals surface area contributed by atoms with Crippen molar-refractivity contribution in [2.24, 2.45) is 11.7 Å². The lowest BCUT2D eigenvalue weighted by Gasteiger charge is -2.42. The third kappa shape index (κ3) is 3.44. The average Bonchev–Trinajstić information content (AvgIpc) is 2.20. The summed E-state index contributed by atoms with van der Waals surface area (Å²) in [7, 11) is 0. The molecule has 15 heavy (non-hydrogen) atoms. The fourth-order valence-electron chi connectivity index (χ4n) is 2.40. The Balaban J connectivity index is 2.42. The van der Waals surface area contributed by atoms with Crippen molar-refractivity contribution in [1.82, 2.24) is 4.90 Å². The Morgan fingerprint density at radius 3 is 2.73 bits per heavy atom. The summed E-state index contributed by atoms with van der Waals surface area (Å²) in [6, 6.07) is 0.954. The van der Waals surface area contributed by atoms with E-state index in [1.807, 2.05) is 0 Å². The molecule has 1 saturated heterocycles. The molecule has 0 aromatic carbocycles. The van der Waals surface area contributed by atoms with Crippen molar-refractivity contribution in [2.75, 3.05) is 19.7 Å². The summed E-state index contributed by atoms with van der Waals surface area (Å²) in [5, 5.41) is 0. The minimum atomic E-state index is 0.332. The Labute approximate surface area is 94.0 Å². The number of piperidine rings is 1. The highest BCUT2D eigenvalue weighted by Gasteiger charge is 2.30. The van der Waals surface area contributed by atoms with Crippen LogP contribution in [0.5, 0.6) is 0 Å². The molecule has 2 N–H and O–H groups in total. The third-order valence-electron chi connectivity index (χ3n) is 3.70. The standard InChI is InChI=1S/C12H26N2O/c1-5-15-9(2)8-14-7-6-12(13)10(3)11(14)4/h9-12H,5-8,13H2,1-4H3. The van der Waals surface area contributed by atoms with Crippen molar-refractivity contribution < 1.29 is 4.74 Å². The van der Waals surface area contributed by atoms with Gasteiger partial charge in [0.05, 0.1) is 6.10 Å². The molecule has 3 heteroatoms. The van der Waals surface area contributed by atoms with Crippen LogP contribution in [0.2, 0.25) is 0 Å². The molecule has 1 heterocycles. The molecule has 1 aliphatic heterocycles. The molecule has 0 aliphatic carbocycles. The van der Waals surface area contributed by atoms with Gasteiger partial charge >= 0.3 is 0 Å². The van der Waals surface area contributed by atoms with Crippen molar-refractivity contribution >= 4 is 0 Å². The number of nitrogens with two attached hydrogens (primary N) is 1. The smallest absolute Gasteiger partial charge is 0.0673 e. The van der Waals surface area contributed by atoms with Gasteiger partial charge in [-0.2, -0.15) is 0 Å². The van der Waals surface area contributed by atoms with E-state index in [1.54, 1.807) is 0 Å². The molecule has 1 fully saturated rings. The summed E-state index contributed by atoms with van der Waals surface area (Å²) in [4.78, 5) is 2.51. The highest BCUT2D eigenvalue weighted by atomic mass is 16.5. The van der Waals surface area contributed by atoms with Crippen LogP contribution < -0.4 is 5.73 Å². The fraction of sp³-hybridized carbons (Fsp3) is 1.00. The summed E-state index contributed by atoms with van der Waals surface area (Å²) in [5.74, 6) is 0.590. The van der Waals surface area contributed by atoms with Crippen LogP contribution in [-0.4, -0.2) is 42.8 Å². The Hall–Kier alpha value is -0.120. The highest BCUT2D eigenvalue weighted by molar-refractivity contribution is 4.87. The van der Waals surface area contributed by atoms with Crippen LogP contribution in [0.1, 0.15) is 34.1 Å². The molecule has 0 spiro atoms. The van der Waals surface area contributed by atoms with Gasteiger partial charge in [-0.05, 0) is 33.1 Å². The molecule has 4 atom stereocenters. The zero-order valence-corrected chi connectivity index (χ0v) is 10.6. The molecular weight excluding hydrogens is 188 g/mol. The van der Waals surface area contributed by atoms with Crippen molar-refractivity contribution in [3.05, 3.63) is 0 Å². The van der Waals surface area contributed by atoms with Gasteiger partial charge in [0, 0.05) is 31.8 Å². The summed E-state index contributed by atoms with van der Waals surface area (Å²) in [6.45, 7) is 11.7. The van der Waals surface area contributed by atoms with Gasteiger partial charge in [0.15, 0.2) is 0 Å². The first kappa shape index (κ1) is 12.9. The predicted octanol–water partition coefficient (Wildman–Crippen LogP) is 1.47. The molecule has 0 bridgehead atoms. The Kier molecular flexibility index (Phi) is 5.03. The lowest BCUT2D eigenvalue weighted by atomic mass is 9.87. The second kappa shape index (κ2) is 5.83. The van der Waals surface area contributed by atoms with Crippen molar-refractivity contribution in [3.63, 3.8) is 0 Å². The summed E-state index contributed by atoms with van der Waals surface area (Å²) in [6.07, 6.45) is 1.45. The van der Waals surface area contributed by atoms with E-state index in [0.29, 0.717) is 24.1 Å². The maximum absolute atomic E-state index is 6.06. The molecule has 1 aliphatic rings. The van der Waals surface area contributed by atoms with Gasteiger partial charge in [0.2, 0.25) is 0 Å². The van der Waals surface area contributed by atoms with Crippen LogP contribution in [0.15, 0.2) is 0 Å². The minimum absolute atomic E-state index is 0.332. The van der Waals surface area contributed by atoms with Gasteiger partial charge in [-0.25, -0.2) is 0 Å². The number of hydrogen-bond donors (Lipinski definition) is 1.